The van der Waals surface area contributed by atoms with Gasteiger partial charge in [-0.25, -0.2) is 4.39 Å². The van der Waals surface area contributed by atoms with Gasteiger partial charge in [0.25, 0.3) is 0 Å². The van der Waals surface area contributed by atoms with E-state index >= 15 is 0 Å². The fraction of sp³-hybridized carbons (Fsp3) is 0.571. The van der Waals surface area contributed by atoms with Gasteiger partial charge in [0.15, 0.2) is 0 Å². The number of piperazine rings is 3. The smallest absolute Gasteiger partial charge is 0.145 e. The molecule has 1 aromatic carbocycles. The Bertz CT molecular complexity index is 460. The summed E-state index contributed by atoms with van der Waals surface area (Å²) >= 11 is 5.81. The van der Waals surface area contributed by atoms with Gasteiger partial charge in [-0.3, -0.25) is 9.80 Å². The van der Waals surface area contributed by atoms with Crippen molar-refractivity contribution in [1.82, 2.24) is 9.80 Å². The molecule has 1 aromatic rings. The molecule has 2 N–H and O–H groups in total. The largest absolute Gasteiger partial charge is 0.326 e. The summed E-state index contributed by atoms with van der Waals surface area (Å²) in [4.78, 5) is 4.88. The molecule has 19 heavy (non-hydrogen) atoms. The van der Waals surface area contributed by atoms with E-state index in [-0.39, 0.29) is 16.9 Å². The Morgan fingerprint density at radius 2 is 2.05 bits per heavy atom. The van der Waals surface area contributed by atoms with Gasteiger partial charge in [-0.2, -0.15) is 0 Å². The molecule has 3 heterocycles. The van der Waals surface area contributed by atoms with E-state index in [0.717, 1.165) is 32.7 Å². The lowest BCUT2D eigenvalue weighted by Crippen LogP contribution is -2.66. The molecule has 3 aliphatic heterocycles. The normalized spacial score (nSPS) is 31.4. The van der Waals surface area contributed by atoms with Crippen molar-refractivity contribution in [3.63, 3.8) is 0 Å². The zero-order chi connectivity index (χ0) is 13.4. The highest BCUT2D eigenvalue weighted by Crippen LogP contribution is 2.22. The number of hydrogen-bond acceptors (Lipinski definition) is 3. The third-order valence-corrected chi connectivity index (χ3v) is 4.59. The zero-order valence-corrected chi connectivity index (χ0v) is 11.6. The molecule has 2 bridgehead atoms. The highest BCUT2D eigenvalue weighted by molar-refractivity contribution is 6.30. The average molecular weight is 284 g/mol. The SMILES string of the molecule is NC(Cc1cccc(Cl)c1F)C1CN2CCN1CC2. The van der Waals surface area contributed by atoms with Crippen molar-refractivity contribution in [1.29, 1.82) is 0 Å². The maximum absolute atomic E-state index is 13.9. The summed E-state index contributed by atoms with van der Waals surface area (Å²) in [5.41, 5.74) is 6.93. The van der Waals surface area contributed by atoms with Crippen LogP contribution in [0.3, 0.4) is 0 Å². The van der Waals surface area contributed by atoms with Crippen molar-refractivity contribution in [3.8, 4) is 0 Å². The lowest BCUT2D eigenvalue weighted by atomic mass is 9.95. The van der Waals surface area contributed by atoms with Gasteiger partial charge in [-0.05, 0) is 18.1 Å². The predicted molar refractivity (Wildman–Crippen MR) is 74.9 cm³/mol. The lowest BCUT2D eigenvalue weighted by Gasteiger charge is -2.49. The second-order valence-corrected chi connectivity index (χ2v) is 5.89. The van der Waals surface area contributed by atoms with Crippen molar-refractivity contribution in [2.45, 2.75) is 18.5 Å². The van der Waals surface area contributed by atoms with Crippen LogP contribution in [0.5, 0.6) is 0 Å². The summed E-state index contributed by atoms with van der Waals surface area (Å²) in [7, 11) is 0. The van der Waals surface area contributed by atoms with Crippen LogP contribution in [0, 0.1) is 5.82 Å². The number of benzene rings is 1. The molecule has 0 spiro atoms. The summed E-state index contributed by atoms with van der Waals surface area (Å²) in [6.07, 6.45) is 0.543. The van der Waals surface area contributed by atoms with Crippen LogP contribution in [0.4, 0.5) is 4.39 Å². The van der Waals surface area contributed by atoms with Gasteiger partial charge in [0.05, 0.1) is 5.02 Å². The number of fused-ring (bicyclic) bond motifs is 3. The first-order chi connectivity index (χ1) is 9.15. The molecule has 5 heteroatoms. The average Bonchev–Trinajstić information content (AvgIpc) is 2.45. The van der Waals surface area contributed by atoms with Crippen molar-refractivity contribution in [3.05, 3.63) is 34.6 Å². The van der Waals surface area contributed by atoms with E-state index in [0.29, 0.717) is 18.0 Å². The molecule has 2 atom stereocenters. The van der Waals surface area contributed by atoms with E-state index in [1.165, 1.54) is 0 Å². The number of halogens is 2. The summed E-state index contributed by atoms with van der Waals surface area (Å²) in [6.45, 7) is 5.43. The molecule has 104 valence electrons. The van der Waals surface area contributed by atoms with Crippen molar-refractivity contribution >= 4 is 11.6 Å². The van der Waals surface area contributed by atoms with Crippen LogP contribution in [0.25, 0.3) is 0 Å². The van der Waals surface area contributed by atoms with Gasteiger partial charge in [-0.1, -0.05) is 23.7 Å². The van der Waals surface area contributed by atoms with E-state index in [9.17, 15) is 4.39 Å². The van der Waals surface area contributed by atoms with Gasteiger partial charge < -0.3 is 5.73 Å². The first kappa shape index (κ1) is 13.3. The molecule has 4 rings (SSSR count). The Morgan fingerprint density at radius 1 is 1.32 bits per heavy atom. The molecular formula is C14H19ClFN3. The highest BCUT2D eigenvalue weighted by Gasteiger charge is 2.35. The van der Waals surface area contributed by atoms with Crippen LogP contribution in [0.2, 0.25) is 5.02 Å². The van der Waals surface area contributed by atoms with Crippen LogP contribution < -0.4 is 5.73 Å². The molecule has 3 nitrogen and oxygen atoms in total. The summed E-state index contributed by atoms with van der Waals surface area (Å²) in [6, 6.07) is 5.42. The van der Waals surface area contributed by atoms with E-state index in [2.05, 4.69) is 9.80 Å². The number of nitrogens with two attached hydrogens (primary N) is 1. The Labute approximate surface area is 118 Å². The second kappa shape index (κ2) is 5.37. The topological polar surface area (TPSA) is 32.5 Å². The molecular weight excluding hydrogens is 265 g/mol. The zero-order valence-electron chi connectivity index (χ0n) is 10.9. The molecule has 0 amide bonds. The Balaban J connectivity index is 1.71. The molecule has 3 aliphatic rings. The van der Waals surface area contributed by atoms with Crippen molar-refractivity contribution in [2.24, 2.45) is 5.73 Å². The van der Waals surface area contributed by atoms with Gasteiger partial charge in [-0.15, -0.1) is 0 Å². The van der Waals surface area contributed by atoms with E-state index in [1.807, 2.05) is 0 Å². The molecule has 0 saturated carbocycles. The van der Waals surface area contributed by atoms with Crippen molar-refractivity contribution in [2.75, 3.05) is 32.7 Å². The predicted octanol–water partition coefficient (Wildman–Crippen LogP) is 1.35. The van der Waals surface area contributed by atoms with E-state index in [4.69, 9.17) is 17.3 Å². The summed E-state index contributed by atoms with van der Waals surface area (Å²) in [5, 5.41) is 0.180. The molecule has 0 aromatic heterocycles. The third kappa shape index (κ3) is 2.63. The van der Waals surface area contributed by atoms with Crippen LogP contribution in [-0.2, 0) is 6.42 Å². The number of nitrogens with zero attached hydrogens (tertiary/aromatic N) is 2. The fourth-order valence-corrected chi connectivity index (χ4v) is 3.35. The van der Waals surface area contributed by atoms with Gasteiger partial charge in [0.2, 0.25) is 0 Å². The molecule has 2 unspecified atom stereocenters. The minimum Gasteiger partial charge on any atom is -0.326 e. The molecule has 3 saturated heterocycles. The second-order valence-electron chi connectivity index (χ2n) is 5.48. The monoisotopic (exact) mass is 283 g/mol. The first-order valence-corrected chi connectivity index (χ1v) is 7.18. The fourth-order valence-electron chi connectivity index (χ4n) is 3.16. The van der Waals surface area contributed by atoms with Crippen LogP contribution in [0.1, 0.15) is 5.56 Å². The maximum atomic E-state index is 13.9. The first-order valence-electron chi connectivity index (χ1n) is 6.80. The number of rotatable bonds is 3. The Kier molecular flexibility index (Phi) is 3.76. The summed E-state index contributed by atoms with van der Waals surface area (Å²) < 4.78 is 13.9. The summed E-state index contributed by atoms with van der Waals surface area (Å²) in [5.74, 6) is -0.323. The van der Waals surface area contributed by atoms with Crippen LogP contribution in [-0.4, -0.2) is 54.6 Å². The van der Waals surface area contributed by atoms with Crippen LogP contribution in [0.15, 0.2) is 18.2 Å². The number of hydrogen-bond donors (Lipinski definition) is 1. The van der Waals surface area contributed by atoms with Crippen molar-refractivity contribution < 1.29 is 4.39 Å². The van der Waals surface area contributed by atoms with E-state index in [1.54, 1.807) is 18.2 Å². The quantitative estimate of drug-likeness (QED) is 0.909. The molecule has 0 radical (unpaired) electrons. The Morgan fingerprint density at radius 3 is 2.68 bits per heavy atom. The minimum atomic E-state index is -0.323. The molecule has 3 fully saturated rings. The van der Waals surface area contributed by atoms with E-state index < -0.39 is 0 Å². The van der Waals surface area contributed by atoms with Gasteiger partial charge >= 0.3 is 0 Å². The van der Waals surface area contributed by atoms with Gasteiger partial charge in [0.1, 0.15) is 5.82 Å². The minimum absolute atomic E-state index is 0.0453. The van der Waals surface area contributed by atoms with Gasteiger partial charge in [0, 0.05) is 44.8 Å². The lowest BCUT2D eigenvalue weighted by molar-refractivity contribution is 0.00249. The standard InChI is InChI=1S/C14H19ClFN3/c15-11-3-1-2-10(14(11)16)8-12(17)13-9-18-4-6-19(13)7-5-18/h1-3,12-13H,4-9,17H2. The van der Waals surface area contributed by atoms with Crippen LogP contribution >= 0.6 is 11.6 Å². The highest BCUT2D eigenvalue weighted by atomic mass is 35.5. The Hall–Kier alpha value is -0.680. The molecule has 0 aliphatic carbocycles. The maximum Gasteiger partial charge on any atom is 0.145 e. The third-order valence-electron chi connectivity index (χ3n) is 4.30.